The van der Waals surface area contributed by atoms with Gasteiger partial charge in [0.1, 0.15) is 23.2 Å². The number of hydrogen-bond acceptors (Lipinski definition) is 4. The third kappa shape index (κ3) is 9.47. The average molecular weight is 639 g/mol. The molecular formula is C40H49NO4P+. The summed E-state index contributed by atoms with van der Waals surface area (Å²) >= 11 is 0. The van der Waals surface area contributed by atoms with Gasteiger partial charge in [0.2, 0.25) is 11.7 Å². The number of nitrogens with one attached hydrogen (secondary N) is 1. The van der Waals surface area contributed by atoms with Gasteiger partial charge in [-0.1, -0.05) is 86.7 Å². The molecule has 1 N–H and O–H groups in total. The van der Waals surface area contributed by atoms with Crippen LogP contribution in [0, 0.1) is 0 Å². The number of ether oxygens (including phenoxy) is 3. The largest absolute Gasteiger partial charge is 0.493 e. The molecule has 5 nitrogen and oxygen atoms in total. The van der Waals surface area contributed by atoms with E-state index in [9.17, 15) is 4.79 Å². The van der Waals surface area contributed by atoms with Crippen molar-refractivity contribution in [3.05, 3.63) is 115 Å². The standard InChI is InChI=1S/C40H48NO4P/c1-43-37-31-33(32-38(44-2)40(37)45-3)27-28-39(42)41-29-19-8-6-4-5-7-9-20-30-46(34-21-13-10-14-22-34,35-23-15-11-16-24-35)36-25-17-12-18-26-36/h10-18,21-28,31-32H,4-9,19-20,29-30H2,1-3H3/p+1/b28-27+. The number of methoxy groups -OCH3 is 3. The Bertz CT molecular complexity index is 1370. The second-order valence-electron chi connectivity index (χ2n) is 11.5. The van der Waals surface area contributed by atoms with Crippen molar-refractivity contribution in [2.75, 3.05) is 34.0 Å². The highest BCUT2D eigenvalue weighted by Gasteiger charge is 2.44. The highest BCUT2D eigenvalue weighted by Crippen LogP contribution is 2.56. The van der Waals surface area contributed by atoms with Crippen molar-refractivity contribution in [3.63, 3.8) is 0 Å². The van der Waals surface area contributed by atoms with Crippen LogP contribution in [0.4, 0.5) is 0 Å². The normalized spacial score (nSPS) is 11.4. The second-order valence-corrected chi connectivity index (χ2v) is 15.1. The minimum absolute atomic E-state index is 0.103. The van der Waals surface area contributed by atoms with Crippen molar-refractivity contribution in [2.45, 2.75) is 51.4 Å². The third-order valence-corrected chi connectivity index (χ3v) is 13.0. The van der Waals surface area contributed by atoms with E-state index in [0.29, 0.717) is 23.8 Å². The van der Waals surface area contributed by atoms with Crippen molar-refractivity contribution in [3.8, 4) is 17.2 Å². The minimum atomic E-state index is -1.72. The van der Waals surface area contributed by atoms with E-state index in [4.69, 9.17) is 14.2 Å². The quantitative estimate of drug-likeness (QED) is 0.0644. The predicted octanol–water partition coefficient (Wildman–Crippen LogP) is 7.96. The summed E-state index contributed by atoms with van der Waals surface area (Å²) in [6, 6.07) is 37.2. The summed E-state index contributed by atoms with van der Waals surface area (Å²) in [5.74, 6) is 1.55. The highest BCUT2D eigenvalue weighted by atomic mass is 31.2. The van der Waals surface area contributed by atoms with Gasteiger partial charge in [0.15, 0.2) is 11.5 Å². The molecule has 4 aromatic carbocycles. The van der Waals surface area contributed by atoms with Crippen LogP contribution in [0.5, 0.6) is 17.2 Å². The molecule has 0 atom stereocenters. The van der Waals surface area contributed by atoms with Crippen LogP contribution in [0.1, 0.15) is 56.9 Å². The lowest BCUT2D eigenvalue weighted by Crippen LogP contribution is -2.33. The molecule has 0 aromatic heterocycles. The van der Waals surface area contributed by atoms with Crippen LogP contribution in [0.25, 0.3) is 6.08 Å². The maximum absolute atomic E-state index is 12.3. The van der Waals surface area contributed by atoms with Gasteiger partial charge in [-0.05, 0) is 79.4 Å². The van der Waals surface area contributed by atoms with Crippen LogP contribution >= 0.6 is 7.26 Å². The molecular weight excluding hydrogens is 589 g/mol. The SMILES string of the molecule is COc1cc(/C=C/C(=O)NCCCCCCCCCC[P+](c2ccccc2)(c2ccccc2)c2ccccc2)cc(OC)c1OC. The first-order chi connectivity index (χ1) is 22.6. The molecule has 46 heavy (non-hydrogen) atoms. The molecule has 0 fully saturated rings. The first-order valence-electron chi connectivity index (χ1n) is 16.4. The zero-order chi connectivity index (χ0) is 32.5. The number of benzene rings is 4. The van der Waals surface area contributed by atoms with E-state index in [2.05, 4.69) is 96.3 Å². The first kappa shape index (κ1) is 34.8. The molecule has 0 spiro atoms. The van der Waals surface area contributed by atoms with Crippen LogP contribution in [-0.4, -0.2) is 39.9 Å². The Morgan fingerprint density at radius 1 is 0.609 bits per heavy atom. The summed E-state index contributed by atoms with van der Waals surface area (Å²) in [6.07, 6.45) is 14.1. The Hall–Kier alpha value is -4.08. The number of carbonyl (C=O) groups is 1. The Morgan fingerprint density at radius 2 is 1.04 bits per heavy atom. The molecule has 0 saturated heterocycles. The van der Waals surface area contributed by atoms with E-state index < -0.39 is 7.26 Å². The van der Waals surface area contributed by atoms with Crippen molar-refractivity contribution < 1.29 is 19.0 Å². The smallest absolute Gasteiger partial charge is 0.243 e. The van der Waals surface area contributed by atoms with E-state index in [-0.39, 0.29) is 5.91 Å². The molecule has 0 aliphatic heterocycles. The van der Waals surface area contributed by atoms with E-state index in [1.165, 1.54) is 60.6 Å². The van der Waals surface area contributed by atoms with Crippen LogP contribution in [0.2, 0.25) is 0 Å². The lowest BCUT2D eigenvalue weighted by atomic mass is 10.1. The van der Waals surface area contributed by atoms with Crippen molar-refractivity contribution in [1.29, 1.82) is 0 Å². The van der Waals surface area contributed by atoms with Gasteiger partial charge in [0, 0.05) is 12.6 Å². The molecule has 0 unspecified atom stereocenters. The van der Waals surface area contributed by atoms with Gasteiger partial charge in [-0.25, -0.2) is 0 Å². The maximum atomic E-state index is 12.3. The van der Waals surface area contributed by atoms with Gasteiger partial charge in [-0.2, -0.15) is 0 Å². The minimum Gasteiger partial charge on any atom is -0.493 e. The summed E-state index contributed by atoms with van der Waals surface area (Å²) in [5, 5.41) is 7.40. The summed E-state index contributed by atoms with van der Waals surface area (Å²) < 4.78 is 16.1. The molecule has 4 rings (SSSR count). The van der Waals surface area contributed by atoms with E-state index >= 15 is 0 Å². The summed E-state index contributed by atoms with van der Waals surface area (Å²) in [6.45, 7) is 0.683. The Morgan fingerprint density at radius 3 is 1.48 bits per heavy atom. The van der Waals surface area contributed by atoms with Crippen molar-refractivity contribution >= 4 is 35.2 Å². The van der Waals surface area contributed by atoms with Crippen LogP contribution in [0.3, 0.4) is 0 Å². The number of carbonyl (C=O) groups excluding carboxylic acids is 1. The van der Waals surface area contributed by atoms with Gasteiger partial charge in [-0.15, -0.1) is 0 Å². The molecule has 242 valence electrons. The van der Waals surface area contributed by atoms with Crippen LogP contribution in [0.15, 0.2) is 109 Å². The number of hydrogen-bond donors (Lipinski definition) is 1. The Balaban J connectivity index is 1.17. The summed E-state index contributed by atoms with van der Waals surface area (Å²) in [5.41, 5.74) is 0.803. The van der Waals surface area contributed by atoms with E-state index in [1.54, 1.807) is 33.5 Å². The molecule has 4 aromatic rings. The third-order valence-electron chi connectivity index (χ3n) is 8.42. The lowest BCUT2D eigenvalue weighted by molar-refractivity contribution is -0.116. The molecule has 1 amide bonds. The van der Waals surface area contributed by atoms with E-state index in [0.717, 1.165) is 18.4 Å². The average Bonchev–Trinajstić information content (AvgIpc) is 3.12. The second kappa shape index (κ2) is 18.8. The van der Waals surface area contributed by atoms with Crippen molar-refractivity contribution in [2.24, 2.45) is 0 Å². The molecule has 6 heteroatoms. The number of rotatable bonds is 19. The predicted molar refractivity (Wildman–Crippen MR) is 195 cm³/mol. The fourth-order valence-corrected chi connectivity index (χ4v) is 10.5. The fraction of sp³-hybridized carbons (Fsp3) is 0.325. The molecule has 0 saturated carbocycles. The fourth-order valence-electron chi connectivity index (χ4n) is 6.06. The molecule has 0 aliphatic carbocycles. The van der Waals surface area contributed by atoms with Gasteiger partial charge in [0.25, 0.3) is 0 Å². The summed E-state index contributed by atoms with van der Waals surface area (Å²) in [4.78, 5) is 12.3. The van der Waals surface area contributed by atoms with E-state index in [1.807, 2.05) is 12.1 Å². The van der Waals surface area contributed by atoms with Crippen LogP contribution in [-0.2, 0) is 4.79 Å². The van der Waals surface area contributed by atoms with Crippen molar-refractivity contribution in [1.82, 2.24) is 5.32 Å². The van der Waals surface area contributed by atoms with Gasteiger partial charge in [-0.3, -0.25) is 4.79 Å². The van der Waals surface area contributed by atoms with Gasteiger partial charge in [0.05, 0.1) is 27.5 Å². The first-order valence-corrected chi connectivity index (χ1v) is 18.4. The highest BCUT2D eigenvalue weighted by molar-refractivity contribution is 7.95. The van der Waals surface area contributed by atoms with Gasteiger partial charge >= 0.3 is 0 Å². The topological polar surface area (TPSA) is 56.8 Å². The van der Waals surface area contributed by atoms with Gasteiger partial charge < -0.3 is 19.5 Å². The Kier molecular flexibility index (Phi) is 14.2. The molecule has 0 aliphatic rings. The van der Waals surface area contributed by atoms with Crippen LogP contribution < -0.4 is 35.4 Å². The lowest BCUT2D eigenvalue weighted by Gasteiger charge is -2.27. The molecule has 0 bridgehead atoms. The summed E-state index contributed by atoms with van der Waals surface area (Å²) in [7, 11) is 3.00. The Labute approximate surface area is 276 Å². The maximum Gasteiger partial charge on any atom is 0.243 e. The zero-order valence-electron chi connectivity index (χ0n) is 27.6. The monoisotopic (exact) mass is 638 g/mol. The number of amides is 1. The zero-order valence-corrected chi connectivity index (χ0v) is 28.5. The molecule has 0 heterocycles. The number of unbranched alkanes of at least 4 members (excludes halogenated alkanes) is 7. The molecule has 0 radical (unpaired) electrons.